The summed E-state index contributed by atoms with van der Waals surface area (Å²) in [5.74, 6) is -1.73. The summed E-state index contributed by atoms with van der Waals surface area (Å²) in [6, 6.07) is 4.71. The maximum absolute atomic E-state index is 11.3. The summed E-state index contributed by atoms with van der Waals surface area (Å²) in [5.41, 5.74) is 0.273. The van der Waals surface area contributed by atoms with Gasteiger partial charge >= 0.3 is 17.1 Å². The zero-order valence-electron chi connectivity index (χ0n) is 11.0. The Kier molecular flexibility index (Phi) is 14.9. The van der Waals surface area contributed by atoms with Crippen molar-refractivity contribution in [3.63, 3.8) is 0 Å². The molecule has 117 valence electrons. The molecule has 0 saturated carbocycles. The first-order valence-electron chi connectivity index (χ1n) is 5.15. The van der Waals surface area contributed by atoms with Gasteiger partial charge in [0.15, 0.2) is 0 Å². The summed E-state index contributed by atoms with van der Waals surface area (Å²) in [6.45, 7) is 1.29. The molecule has 0 spiro atoms. The van der Waals surface area contributed by atoms with Crippen LogP contribution in [0.3, 0.4) is 0 Å². The van der Waals surface area contributed by atoms with Crippen molar-refractivity contribution in [1.29, 1.82) is 0 Å². The third-order valence-corrected chi connectivity index (χ3v) is 1.99. The van der Waals surface area contributed by atoms with Gasteiger partial charge in [-0.2, -0.15) is 0 Å². The predicted molar refractivity (Wildman–Crippen MR) is 67.0 cm³/mol. The number of hydrogen-bond acceptors (Lipinski definition) is 6. The number of aliphatic hydroxyl groups is 2. The van der Waals surface area contributed by atoms with Gasteiger partial charge in [0.05, 0.1) is 12.1 Å². The van der Waals surface area contributed by atoms with Crippen LogP contribution < -0.4 is 10.2 Å². The molecule has 20 heavy (non-hydrogen) atoms. The van der Waals surface area contributed by atoms with Gasteiger partial charge in [-0.1, -0.05) is 24.3 Å². The van der Waals surface area contributed by atoms with Crippen LogP contribution in [0.5, 0.6) is 5.75 Å². The van der Waals surface area contributed by atoms with E-state index in [0.717, 1.165) is 13.3 Å². The van der Waals surface area contributed by atoms with E-state index >= 15 is 0 Å². The number of hydrogen-bond donors (Lipinski definition) is 2. The number of benzene rings is 1. The Morgan fingerprint density at radius 2 is 1.85 bits per heavy atom. The molecular formula is C12H18CuNO6+. The molecule has 0 aliphatic carbocycles. The van der Waals surface area contributed by atoms with Gasteiger partial charge in [-0.15, -0.1) is 5.75 Å². The largest absolute Gasteiger partial charge is 2.00 e. The zero-order chi connectivity index (χ0) is 14.1. The standard InChI is InChI=1S/C11H13NO4.CH4O.Cu.H2O/c1-7(13)10(11(15)16)12-6-8-4-2-3-5-9(8)14;1-2;;/h2-7,10,13-14H,1H3,(H,15,16);2H,1H3;;1H2/q;;+2;/p-1/t7-,10+;;;/m1.../s1. The zero-order valence-corrected chi connectivity index (χ0v) is 11.9. The van der Waals surface area contributed by atoms with E-state index in [-0.39, 0.29) is 33.9 Å². The molecule has 2 atom stereocenters. The number of carboxylic acids is 1. The van der Waals surface area contributed by atoms with Gasteiger partial charge < -0.3 is 30.7 Å². The Labute approximate surface area is 127 Å². The maximum Gasteiger partial charge on any atom is 2.00 e. The molecule has 5 N–H and O–H groups in total. The third kappa shape index (κ3) is 7.88. The number of aliphatic hydroxyl groups excluding tert-OH is 2. The van der Waals surface area contributed by atoms with Crippen molar-refractivity contribution in [1.82, 2.24) is 0 Å². The molecule has 1 rings (SSSR count). The van der Waals surface area contributed by atoms with Crippen molar-refractivity contribution < 1.29 is 47.8 Å². The molecule has 1 radical (unpaired) electrons. The first-order valence-corrected chi connectivity index (χ1v) is 5.15. The second kappa shape index (κ2) is 12.6. The molecule has 0 fully saturated rings. The van der Waals surface area contributed by atoms with Crippen LogP contribution in [0.4, 0.5) is 0 Å². The number of rotatable bonds is 4. The van der Waals surface area contributed by atoms with Crippen molar-refractivity contribution in [2.75, 3.05) is 7.11 Å². The Balaban J connectivity index is -0.000000689. The molecule has 0 unspecified atom stereocenters. The predicted octanol–water partition coefficient (Wildman–Crippen LogP) is -2.64. The number of para-hydroxylation sites is 1. The smallest absolute Gasteiger partial charge is 0.872 e. The van der Waals surface area contributed by atoms with Crippen molar-refractivity contribution in [3.8, 4) is 5.75 Å². The summed E-state index contributed by atoms with van der Waals surface area (Å²) < 4.78 is 0. The monoisotopic (exact) mass is 335 g/mol. The molecule has 1 aromatic rings. The molecule has 0 heterocycles. The molecule has 7 nitrogen and oxygen atoms in total. The molecule has 0 aromatic heterocycles. The number of aliphatic imine (C=N–C) groups is 1. The Hall–Kier alpha value is -1.44. The minimum absolute atomic E-state index is 0. The summed E-state index contributed by atoms with van der Waals surface area (Å²) in [6.07, 6.45) is -0.0322. The molecule has 0 amide bonds. The average Bonchev–Trinajstić information content (AvgIpc) is 2.33. The van der Waals surface area contributed by atoms with Crippen LogP contribution in [0, 0.1) is 0 Å². The first-order chi connectivity index (χ1) is 8.52. The molecule has 1 aromatic carbocycles. The molecule has 0 bridgehead atoms. The molecule has 0 saturated heterocycles. The van der Waals surface area contributed by atoms with Crippen molar-refractivity contribution >= 4 is 12.2 Å². The van der Waals surface area contributed by atoms with E-state index in [1.165, 1.54) is 19.1 Å². The van der Waals surface area contributed by atoms with Crippen molar-refractivity contribution in [2.24, 2.45) is 4.99 Å². The Morgan fingerprint density at radius 3 is 2.25 bits per heavy atom. The fourth-order valence-electron chi connectivity index (χ4n) is 1.13. The van der Waals surface area contributed by atoms with E-state index in [1.807, 2.05) is 0 Å². The number of nitrogens with zero attached hydrogens (tertiary/aromatic N) is 1. The van der Waals surface area contributed by atoms with E-state index in [1.54, 1.807) is 12.1 Å². The minimum Gasteiger partial charge on any atom is -0.872 e. The summed E-state index contributed by atoms with van der Waals surface area (Å²) in [5, 5.41) is 38.0. The van der Waals surface area contributed by atoms with Gasteiger partial charge in [-0.3, -0.25) is 4.99 Å². The Bertz CT molecular complexity index is 411. The van der Waals surface area contributed by atoms with Crippen LogP contribution in [0.2, 0.25) is 0 Å². The van der Waals surface area contributed by atoms with Gasteiger partial charge in [-0.25, -0.2) is 0 Å². The normalized spacial score (nSPS) is 12.2. The molecule has 0 aliphatic rings. The van der Waals surface area contributed by atoms with Crippen LogP contribution >= 0.6 is 0 Å². The van der Waals surface area contributed by atoms with Crippen LogP contribution in [0.25, 0.3) is 0 Å². The SMILES string of the molecule is CO.C[C@@H](O)[C@H](N=Cc1ccccc1[O-])C(=O)[O-].[Cu+2].[OH3+]. The van der Waals surface area contributed by atoms with Gasteiger partial charge in [0.1, 0.15) is 6.04 Å². The average molecular weight is 336 g/mol. The van der Waals surface area contributed by atoms with Crippen molar-refractivity contribution in [3.05, 3.63) is 29.8 Å². The third-order valence-electron chi connectivity index (χ3n) is 1.99. The number of aliphatic carboxylic acids is 1. The fraction of sp³-hybridized carbons (Fsp3) is 0.333. The second-order valence-electron chi connectivity index (χ2n) is 3.32. The van der Waals surface area contributed by atoms with E-state index in [9.17, 15) is 15.0 Å². The van der Waals surface area contributed by atoms with E-state index < -0.39 is 18.1 Å². The van der Waals surface area contributed by atoms with E-state index in [4.69, 9.17) is 10.2 Å². The summed E-state index contributed by atoms with van der Waals surface area (Å²) in [4.78, 5) is 14.2. The second-order valence-corrected chi connectivity index (χ2v) is 3.32. The number of carbonyl (C=O) groups is 1. The minimum atomic E-state index is -1.48. The van der Waals surface area contributed by atoms with Gasteiger partial charge in [0, 0.05) is 13.3 Å². The number of carboxylic acid groups (broad SMARTS) is 1. The van der Waals surface area contributed by atoms with Crippen LogP contribution in [-0.4, -0.2) is 41.7 Å². The first kappa shape index (κ1) is 23.6. The van der Waals surface area contributed by atoms with Crippen molar-refractivity contribution in [2.45, 2.75) is 19.1 Å². The topological polar surface area (TPSA) is 149 Å². The van der Waals surface area contributed by atoms with Gasteiger partial charge in [-0.05, 0) is 12.5 Å². The number of carbonyl (C=O) groups excluding carboxylic acids is 1. The van der Waals surface area contributed by atoms with E-state index in [0.29, 0.717) is 0 Å². The molecule has 8 heteroatoms. The van der Waals surface area contributed by atoms with Crippen LogP contribution in [0.1, 0.15) is 12.5 Å². The molecular weight excluding hydrogens is 318 g/mol. The fourth-order valence-corrected chi connectivity index (χ4v) is 1.13. The quantitative estimate of drug-likeness (QED) is 0.350. The summed E-state index contributed by atoms with van der Waals surface area (Å²) in [7, 11) is 1.00. The van der Waals surface area contributed by atoms with Gasteiger partial charge in [0.2, 0.25) is 0 Å². The maximum atomic E-state index is 11.3. The van der Waals surface area contributed by atoms with Crippen LogP contribution in [-0.2, 0) is 27.3 Å². The van der Waals surface area contributed by atoms with E-state index in [2.05, 4.69) is 4.99 Å². The van der Waals surface area contributed by atoms with Crippen LogP contribution in [0.15, 0.2) is 29.3 Å². The molecule has 0 aliphatic heterocycles. The summed E-state index contributed by atoms with van der Waals surface area (Å²) >= 11 is 0. The Morgan fingerprint density at radius 1 is 1.35 bits per heavy atom. The van der Waals surface area contributed by atoms with Gasteiger partial charge in [0.25, 0.3) is 0 Å².